The Morgan fingerprint density at radius 3 is 2.26 bits per heavy atom. The van der Waals surface area contributed by atoms with Crippen molar-refractivity contribution in [2.45, 2.75) is 20.8 Å². The van der Waals surface area contributed by atoms with Crippen LogP contribution < -0.4 is 10.5 Å². The molecular formula is C17H22N4O2. The van der Waals surface area contributed by atoms with Crippen LogP contribution in [0.15, 0.2) is 53.2 Å². The van der Waals surface area contributed by atoms with Crippen LogP contribution in [0, 0.1) is 6.92 Å². The maximum Gasteiger partial charge on any atom is 0.216 e. The number of para-hydroxylation sites is 1. The van der Waals surface area contributed by atoms with Crippen molar-refractivity contribution in [3.8, 4) is 17.5 Å². The molecule has 2 aromatic heterocycles. The average molecular weight is 314 g/mol. The standard InChI is InChI=1S/C9H9N3O2.C6H7N.C2H6/c1-6-5-7(14-12-6)9-10-4-3-8(11-9)13-2;7-6-4-2-1-3-5-6;1-2/h3-5H,1-2H3;1-5H,7H2;1-2H3. The molecule has 3 rings (SSSR count). The van der Waals surface area contributed by atoms with Crippen LogP contribution in [0.25, 0.3) is 11.6 Å². The molecule has 0 bridgehead atoms. The molecular weight excluding hydrogens is 292 g/mol. The minimum Gasteiger partial charge on any atom is -0.481 e. The van der Waals surface area contributed by atoms with Crippen LogP contribution >= 0.6 is 0 Å². The number of hydrogen-bond donors (Lipinski definition) is 1. The van der Waals surface area contributed by atoms with Crippen molar-refractivity contribution in [2.24, 2.45) is 0 Å². The van der Waals surface area contributed by atoms with Crippen molar-refractivity contribution in [2.75, 3.05) is 12.8 Å². The summed E-state index contributed by atoms with van der Waals surface area (Å²) in [6.45, 7) is 5.84. The third kappa shape index (κ3) is 6.17. The second-order valence-corrected chi connectivity index (χ2v) is 4.17. The van der Waals surface area contributed by atoms with Crippen molar-refractivity contribution in [1.82, 2.24) is 15.1 Å². The van der Waals surface area contributed by atoms with Gasteiger partial charge in [-0.2, -0.15) is 4.98 Å². The lowest BCUT2D eigenvalue weighted by molar-refractivity contribution is 0.394. The van der Waals surface area contributed by atoms with E-state index >= 15 is 0 Å². The summed E-state index contributed by atoms with van der Waals surface area (Å²) >= 11 is 0. The lowest BCUT2D eigenvalue weighted by atomic mass is 10.3. The number of nitrogen functional groups attached to an aromatic ring is 1. The Balaban J connectivity index is 0.000000247. The van der Waals surface area contributed by atoms with Gasteiger partial charge in [-0.25, -0.2) is 4.98 Å². The van der Waals surface area contributed by atoms with Crippen LogP contribution in [0.2, 0.25) is 0 Å². The Morgan fingerprint density at radius 1 is 1.09 bits per heavy atom. The molecule has 0 fully saturated rings. The number of ether oxygens (including phenoxy) is 1. The summed E-state index contributed by atoms with van der Waals surface area (Å²) in [4.78, 5) is 8.15. The van der Waals surface area contributed by atoms with Gasteiger partial charge in [0, 0.05) is 24.0 Å². The summed E-state index contributed by atoms with van der Waals surface area (Å²) in [7, 11) is 1.55. The van der Waals surface area contributed by atoms with Gasteiger partial charge >= 0.3 is 0 Å². The molecule has 6 heteroatoms. The van der Waals surface area contributed by atoms with Gasteiger partial charge < -0.3 is 15.0 Å². The average Bonchev–Trinajstić information content (AvgIpc) is 3.04. The monoisotopic (exact) mass is 314 g/mol. The van der Waals surface area contributed by atoms with Crippen LogP contribution in [-0.2, 0) is 0 Å². The van der Waals surface area contributed by atoms with E-state index in [0.29, 0.717) is 17.5 Å². The molecule has 0 saturated heterocycles. The van der Waals surface area contributed by atoms with Crippen molar-refractivity contribution in [3.63, 3.8) is 0 Å². The van der Waals surface area contributed by atoms with Crippen LogP contribution in [0.3, 0.4) is 0 Å². The molecule has 0 spiro atoms. The first-order chi connectivity index (χ1) is 11.2. The lowest BCUT2D eigenvalue weighted by Gasteiger charge is -1.98. The first-order valence-electron chi connectivity index (χ1n) is 7.30. The Kier molecular flexibility index (Phi) is 7.85. The van der Waals surface area contributed by atoms with E-state index in [1.165, 1.54) is 0 Å². The molecule has 2 heterocycles. The predicted octanol–water partition coefficient (Wildman–Crippen LogP) is 3.74. The molecule has 0 aliphatic heterocycles. The molecule has 0 radical (unpaired) electrons. The van der Waals surface area contributed by atoms with Crippen molar-refractivity contribution < 1.29 is 9.26 Å². The molecule has 0 atom stereocenters. The smallest absolute Gasteiger partial charge is 0.216 e. The summed E-state index contributed by atoms with van der Waals surface area (Å²) in [6.07, 6.45) is 1.61. The number of nitrogens with zero attached hydrogens (tertiary/aromatic N) is 3. The third-order valence-corrected chi connectivity index (χ3v) is 2.49. The van der Waals surface area contributed by atoms with E-state index in [1.54, 1.807) is 25.4 Å². The highest BCUT2D eigenvalue weighted by atomic mass is 16.5. The minimum absolute atomic E-state index is 0.477. The quantitative estimate of drug-likeness (QED) is 0.725. The summed E-state index contributed by atoms with van der Waals surface area (Å²) < 4.78 is 9.99. The van der Waals surface area contributed by atoms with E-state index in [9.17, 15) is 0 Å². The zero-order chi connectivity index (χ0) is 17.1. The van der Waals surface area contributed by atoms with E-state index in [1.807, 2.05) is 51.1 Å². The number of rotatable bonds is 2. The molecule has 3 aromatic rings. The highest BCUT2D eigenvalue weighted by Gasteiger charge is 2.07. The van der Waals surface area contributed by atoms with Crippen molar-refractivity contribution in [3.05, 3.63) is 54.4 Å². The molecule has 1 aromatic carbocycles. The van der Waals surface area contributed by atoms with E-state index in [2.05, 4.69) is 15.1 Å². The Labute approximate surface area is 136 Å². The zero-order valence-corrected chi connectivity index (χ0v) is 13.9. The molecule has 6 nitrogen and oxygen atoms in total. The van der Waals surface area contributed by atoms with Gasteiger partial charge in [0.1, 0.15) is 0 Å². The summed E-state index contributed by atoms with van der Waals surface area (Å²) in [5.41, 5.74) is 6.98. The molecule has 0 aliphatic rings. The van der Waals surface area contributed by atoms with Crippen LogP contribution in [0.1, 0.15) is 19.5 Å². The number of nitrogens with two attached hydrogens (primary N) is 1. The second kappa shape index (κ2) is 9.94. The molecule has 0 aliphatic carbocycles. The van der Waals surface area contributed by atoms with Gasteiger partial charge in [-0.05, 0) is 19.1 Å². The van der Waals surface area contributed by atoms with Crippen molar-refractivity contribution in [1.29, 1.82) is 0 Å². The van der Waals surface area contributed by atoms with E-state index < -0.39 is 0 Å². The van der Waals surface area contributed by atoms with Gasteiger partial charge in [0.2, 0.25) is 17.5 Å². The normalized spacial score (nSPS) is 9.04. The number of aromatic nitrogens is 3. The lowest BCUT2D eigenvalue weighted by Crippen LogP contribution is -1.91. The van der Waals surface area contributed by atoms with Crippen molar-refractivity contribution >= 4 is 5.69 Å². The fourth-order valence-electron chi connectivity index (χ4n) is 1.50. The highest BCUT2D eigenvalue weighted by molar-refractivity contribution is 5.46. The fourth-order valence-corrected chi connectivity index (χ4v) is 1.50. The molecule has 0 amide bonds. The highest BCUT2D eigenvalue weighted by Crippen LogP contribution is 2.17. The topological polar surface area (TPSA) is 87.1 Å². The van der Waals surface area contributed by atoms with Crippen LogP contribution in [-0.4, -0.2) is 22.2 Å². The van der Waals surface area contributed by atoms with Gasteiger partial charge in [0.05, 0.1) is 12.8 Å². The Bertz CT molecular complexity index is 684. The van der Waals surface area contributed by atoms with Crippen LogP contribution in [0.5, 0.6) is 5.88 Å². The molecule has 23 heavy (non-hydrogen) atoms. The van der Waals surface area contributed by atoms with Gasteiger partial charge in [-0.15, -0.1) is 0 Å². The number of aryl methyl sites for hydroxylation is 1. The number of hydrogen-bond acceptors (Lipinski definition) is 6. The van der Waals surface area contributed by atoms with E-state index in [4.69, 9.17) is 15.0 Å². The molecule has 0 saturated carbocycles. The predicted molar refractivity (Wildman–Crippen MR) is 91.0 cm³/mol. The fraction of sp³-hybridized carbons (Fsp3) is 0.235. The molecule has 2 N–H and O–H groups in total. The number of anilines is 1. The van der Waals surface area contributed by atoms with E-state index in [-0.39, 0.29) is 0 Å². The number of benzene rings is 1. The molecule has 0 unspecified atom stereocenters. The van der Waals surface area contributed by atoms with Gasteiger partial charge in [0.25, 0.3) is 0 Å². The summed E-state index contributed by atoms with van der Waals surface area (Å²) in [6, 6.07) is 12.9. The third-order valence-electron chi connectivity index (χ3n) is 2.49. The SMILES string of the molecule is CC.COc1ccnc(-c2cc(C)no2)n1.Nc1ccccc1. The first-order valence-corrected chi connectivity index (χ1v) is 7.30. The maximum atomic E-state index is 5.36. The van der Waals surface area contributed by atoms with Crippen LogP contribution in [0.4, 0.5) is 5.69 Å². The number of methoxy groups -OCH3 is 1. The summed E-state index contributed by atoms with van der Waals surface area (Å²) in [5, 5.41) is 3.75. The second-order valence-electron chi connectivity index (χ2n) is 4.17. The Hall–Kier alpha value is -2.89. The van der Waals surface area contributed by atoms with Gasteiger partial charge in [0.15, 0.2) is 0 Å². The summed E-state index contributed by atoms with van der Waals surface area (Å²) in [5.74, 6) is 1.52. The van der Waals surface area contributed by atoms with Gasteiger partial charge in [-0.1, -0.05) is 37.2 Å². The molecule has 122 valence electrons. The largest absolute Gasteiger partial charge is 0.481 e. The maximum absolute atomic E-state index is 5.36. The zero-order valence-electron chi connectivity index (χ0n) is 13.9. The van der Waals surface area contributed by atoms with E-state index in [0.717, 1.165) is 11.4 Å². The minimum atomic E-state index is 0.477. The van der Waals surface area contributed by atoms with Gasteiger partial charge in [-0.3, -0.25) is 0 Å². The Morgan fingerprint density at radius 2 is 1.78 bits per heavy atom. The first kappa shape index (κ1) is 18.2.